The highest BCUT2D eigenvalue weighted by Gasteiger charge is 2.27. The molecule has 0 amide bonds. The molecule has 0 unspecified atom stereocenters. The summed E-state index contributed by atoms with van der Waals surface area (Å²) in [7, 11) is 2.14. The summed E-state index contributed by atoms with van der Waals surface area (Å²) < 4.78 is 1.65. The lowest BCUT2D eigenvalue weighted by molar-refractivity contribution is -0.816. The molecule has 0 aromatic heterocycles. The van der Waals surface area contributed by atoms with Crippen LogP contribution in [-0.4, -0.2) is 42.0 Å². The molecular formula is C6H13N2S2+. The Balaban J connectivity index is 2.56. The number of thiocarbonyl (C=S) groups is 1. The second-order valence-electron chi connectivity index (χ2n) is 2.88. The third-order valence-electron chi connectivity index (χ3n) is 2.03. The highest BCUT2D eigenvalue weighted by molar-refractivity contribution is 8.10. The zero-order valence-corrected chi connectivity index (χ0v) is 7.84. The van der Waals surface area contributed by atoms with Crippen LogP contribution < -0.4 is 5.32 Å². The standard InChI is InChI=1S/C6H12N2S2/c1-8(6(9)10)4-2-7-3-5-8/h7H,2-5H2,1H3/p+1. The van der Waals surface area contributed by atoms with Gasteiger partial charge in [0.2, 0.25) is 4.32 Å². The van der Waals surface area contributed by atoms with E-state index in [0.717, 1.165) is 35.0 Å². The van der Waals surface area contributed by atoms with E-state index in [1.165, 1.54) is 0 Å². The van der Waals surface area contributed by atoms with Gasteiger partial charge in [0.25, 0.3) is 0 Å². The zero-order chi connectivity index (χ0) is 7.61. The molecule has 10 heavy (non-hydrogen) atoms. The summed E-state index contributed by atoms with van der Waals surface area (Å²) in [6.45, 7) is 4.25. The third kappa shape index (κ3) is 1.69. The number of rotatable bonds is 0. The summed E-state index contributed by atoms with van der Waals surface area (Å²) in [6.07, 6.45) is 0. The van der Waals surface area contributed by atoms with Crippen molar-refractivity contribution in [2.24, 2.45) is 0 Å². The van der Waals surface area contributed by atoms with Crippen LogP contribution >= 0.6 is 24.8 Å². The minimum absolute atomic E-state index is 0.807. The second-order valence-corrected chi connectivity index (χ2v) is 3.99. The molecule has 1 rings (SSSR count). The first-order chi connectivity index (χ1) is 4.65. The van der Waals surface area contributed by atoms with E-state index in [0.29, 0.717) is 0 Å². The monoisotopic (exact) mass is 177 g/mol. The van der Waals surface area contributed by atoms with E-state index < -0.39 is 0 Å². The number of likely N-dealkylation sites (N-methyl/N-ethyl adjacent to an activating group) is 1. The van der Waals surface area contributed by atoms with Crippen molar-refractivity contribution in [3.63, 3.8) is 0 Å². The normalized spacial score (nSPS) is 24.2. The van der Waals surface area contributed by atoms with Crippen LogP contribution in [0.15, 0.2) is 0 Å². The van der Waals surface area contributed by atoms with Crippen LogP contribution in [0.4, 0.5) is 0 Å². The second kappa shape index (κ2) is 3.17. The predicted molar refractivity (Wildman–Crippen MR) is 50.4 cm³/mol. The average molecular weight is 177 g/mol. The fourth-order valence-electron chi connectivity index (χ4n) is 1.08. The van der Waals surface area contributed by atoms with Gasteiger partial charge in [-0.3, -0.25) is 4.48 Å². The minimum Gasteiger partial charge on any atom is -0.306 e. The maximum atomic E-state index is 5.04. The number of quaternary nitrogens is 1. The molecule has 1 saturated heterocycles. The molecule has 1 aliphatic heterocycles. The quantitative estimate of drug-likeness (QED) is 0.312. The molecule has 2 nitrogen and oxygen atoms in total. The SMILES string of the molecule is C[N+]1(C(=S)S)CCNCC1. The lowest BCUT2D eigenvalue weighted by atomic mass is 10.3. The molecule has 0 atom stereocenters. The van der Waals surface area contributed by atoms with E-state index in [1.54, 1.807) is 0 Å². The summed E-state index contributed by atoms with van der Waals surface area (Å²) in [5.41, 5.74) is 0. The Kier molecular flexibility index (Phi) is 2.68. The van der Waals surface area contributed by atoms with Gasteiger partial charge in [-0.2, -0.15) is 0 Å². The van der Waals surface area contributed by atoms with Crippen LogP contribution in [-0.2, 0) is 0 Å². The van der Waals surface area contributed by atoms with E-state index in [9.17, 15) is 0 Å². The Bertz CT molecular complexity index is 141. The third-order valence-corrected chi connectivity index (χ3v) is 2.95. The summed E-state index contributed by atoms with van der Waals surface area (Å²) >= 11 is 9.24. The number of nitrogens with zero attached hydrogens (tertiary/aromatic N) is 1. The van der Waals surface area contributed by atoms with Gasteiger partial charge in [-0.05, 0) is 12.2 Å². The molecule has 1 fully saturated rings. The van der Waals surface area contributed by atoms with Crippen molar-refractivity contribution < 1.29 is 4.48 Å². The Labute approximate surface area is 72.6 Å². The highest BCUT2D eigenvalue weighted by Crippen LogP contribution is 2.08. The molecule has 0 saturated carbocycles. The molecule has 0 aliphatic carbocycles. The summed E-state index contributed by atoms with van der Waals surface area (Å²) in [6, 6.07) is 0. The number of hydrogen-bond donors (Lipinski definition) is 2. The van der Waals surface area contributed by atoms with Gasteiger partial charge >= 0.3 is 0 Å². The van der Waals surface area contributed by atoms with Crippen molar-refractivity contribution in [1.29, 1.82) is 0 Å². The fourth-order valence-corrected chi connectivity index (χ4v) is 1.46. The molecule has 0 aromatic rings. The van der Waals surface area contributed by atoms with E-state index in [2.05, 4.69) is 25.0 Å². The van der Waals surface area contributed by atoms with Gasteiger partial charge in [-0.1, -0.05) is 12.6 Å². The lowest BCUT2D eigenvalue weighted by Crippen LogP contribution is -2.57. The molecule has 0 spiro atoms. The van der Waals surface area contributed by atoms with Crippen LogP contribution in [0.3, 0.4) is 0 Å². The minimum atomic E-state index is 0.807. The maximum absolute atomic E-state index is 5.04. The molecular weight excluding hydrogens is 164 g/mol. The molecule has 1 heterocycles. The molecule has 1 aliphatic rings. The summed E-state index contributed by atoms with van der Waals surface area (Å²) in [4.78, 5) is 0. The first-order valence-electron chi connectivity index (χ1n) is 3.44. The van der Waals surface area contributed by atoms with E-state index in [1.807, 2.05) is 0 Å². The van der Waals surface area contributed by atoms with Crippen molar-refractivity contribution in [1.82, 2.24) is 5.32 Å². The van der Waals surface area contributed by atoms with E-state index in [4.69, 9.17) is 12.2 Å². The number of piperazine rings is 1. The first kappa shape index (κ1) is 8.46. The number of hydrogen-bond acceptors (Lipinski definition) is 2. The molecule has 0 aromatic carbocycles. The van der Waals surface area contributed by atoms with Gasteiger partial charge in [0, 0.05) is 13.1 Å². The predicted octanol–water partition coefficient (Wildman–Crippen LogP) is 0.251. The highest BCUT2D eigenvalue weighted by atomic mass is 32.1. The Morgan fingerprint density at radius 3 is 2.30 bits per heavy atom. The topological polar surface area (TPSA) is 12.0 Å². The lowest BCUT2D eigenvalue weighted by Gasteiger charge is -2.35. The van der Waals surface area contributed by atoms with Gasteiger partial charge in [0.1, 0.15) is 0 Å². The van der Waals surface area contributed by atoms with Crippen LogP contribution in [0.25, 0.3) is 0 Å². The van der Waals surface area contributed by atoms with Gasteiger partial charge in [-0.25, -0.2) is 0 Å². The Morgan fingerprint density at radius 1 is 1.50 bits per heavy atom. The van der Waals surface area contributed by atoms with Crippen molar-refractivity contribution in [3.05, 3.63) is 0 Å². The van der Waals surface area contributed by atoms with Gasteiger partial charge in [-0.15, -0.1) is 0 Å². The molecule has 0 bridgehead atoms. The van der Waals surface area contributed by atoms with Gasteiger partial charge in [0.15, 0.2) is 0 Å². The van der Waals surface area contributed by atoms with Crippen LogP contribution in [0.1, 0.15) is 0 Å². The van der Waals surface area contributed by atoms with E-state index in [-0.39, 0.29) is 0 Å². The fraction of sp³-hybridized carbons (Fsp3) is 0.833. The van der Waals surface area contributed by atoms with Crippen molar-refractivity contribution >= 4 is 29.2 Å². The van der Waals surface area contributed by atoms with Crippen LogP contribution in [0.5, 0.6) is 0 Å². The molecule has 0 radical (unpaired) electrons. The van der Waals surface area contributed by atoms with Gasteiger partial charge < -0.3 is 5.32 Å². The first-order valence-corrected chi connectivity index (χ1v) is 4.29. The summed E-state index contributed by atoms with van der Waals surface area (Å²) in [5.74, 6) is 0. The van der Waals surface area contributed by atoms with Crippen LogP contribution in [0, 0.1) is 0 Å². The van der Waals surface area contributed by atoms with Crippen molar-refractivity contribution in [2.45, 2.75) is 0 Å². The average Bonchev–Trinajstić information content (AvgIpc) is 1.89. The van der Waals surface area contributed by atoms with E-state index >= 15 is 0 Å². The molecule has 58 valence electrons. The Hall–Kier alpha value is 0.360. The molecule has 4 heteroatoms. The van der Waals surface area contributed by atoms with Crippen LogP contribution in [0.2, 0.25) is 0 Å². The van der Waals surface area contributed by atoms with Crippen molar-refractivity contribution in [2.75, 3.05) is 33.2 Å². The maximum Gasteiger partial charge on any atom is 0.230 e. The zero-order valence-electron chi connectivity index (χ0n) is 6.13. The van der Waals surface area contributed by atoms with Crippen molar-refractivity contribution in [3.8, 4) is 0 Å². The Morgan fingerprint density at radius 2 is 2.00 bits per heavy atom. The number of thiol groups is 1. The largest absolute Gasteiger partial charge is 0.306 e. The molecule has 1 N–H and O–H groups in total. The smallest absolute Gasteiger partial charge is 0.230 e. The summed E-state index contributed by atoms with van der Waals surface area (Å²) in [5, 5.41) is 3.29. The number of nitrogens with one attached hydrogen (secondary N) is 1. The van der Waals surface area contributed by atoms with Gasteiger partial charge in [0.05, 0.1) is 20.1 Å².